The highest BCUT2D eigenvalue weighted by Gasteiger charge is 2.34. The van der Waals surface area contributed by atoms with Gasteiger partial charge in [-0.1, -0.05) is 42.5 Å². The molecule has 1 aliphatic rings. The Morgan fingerprint density at radius 2 is 1.93 bits per heavy atom. The van der Waals surface area contributed by atoms with Gasteiger partial charge in [0.1, 0.15) is 5.75 Å². The van der Waals surface area contributed by atoms with Crippen LogP contribution in [-0.2, 0) is 20.7 Å². The minimum atomic E-state index is -0.0212. The second-order valence-electron chi connectivity index (χ2n) is 6.88. The summed E-state index contributed by atoms with van der Waals surface area (Å²) in [6, 6.07) is 18.5. The highest BCUT2D eigenvalue weighted by atomic mass is 32.2. The molecule has 1 amide bonds. The maximum atomic E-state index is 12.4. The molecule has 0 atom stereocenters. The summed E-state index contributed by atoms with van der Waals surface area (Å²) in [6.45, 7) is 2.16. The molecule has 0 aromatic heterocycles. The van der Waals surface area contributed by atoms with Crippen molar-refractivity contribution in [2.45, 2.75) is 24.0 Å². The molecule has 0 radical (unpaired) electrons. The summed E-state index contributed by atoms with van der Waals surface area (Å²) in [5.74, 6) is 2.19. The van der Waals surface area contributed by atoms with Crippen molar-refractivity contribution in [1.29, 1.82) is 0 Å². The normalized spacial score (nSPS) is 15.9. The van der Waals surface area contributed by atoms with E-state index in [1.165, 1.54) is 5.56 Å². The van der Waals surface area contributed by atoms with E-state index in [4.69, 9.17) is 9.47 Å². The zero-order chi connectivity index (χ0) is 19.0. The van der Waals surface area contributed by atoms with Gasteiger partial charge in [0.25, 0.3) is 0 Å². The summed E-state index contributed by atoms with van der Waals surface area (Å²) in [6.07, 6.45) is 1.88. The molecule has 2 aromatic carbocycles. The lowest BCUT2D eigenvalue weighted by Gasteiger charge is -2.38. The zero-order valence-electron chi connectivity index (χ0n) is 15.8. The number of rotatable bonds is 8. The fourth-order valence-electron chi connectivity index (χ4n) is 3.46. The Labute approximate surface area is 165 Å². The molecule has 1 heterocycles. The number of ether oxygens (including phenoxy) is 2. The minimum Gasteiger partial charge on any atom is -0.497 e. The molecule has 0 spiro atoms. The van der Waals surface area contributed by atoms with Gasteiger partial charge in [0, 0.05) is 30.9 Å². The van der Waals surface area contributed by atoms with Crippen LogP contribution in [0, 0.1) is 0 Å². The molecule has 0 saturated carbocycles. The van der Waals surface area contributed by atoms with Crippen LogP contribution in [0.5, 0.6) is 5.75 Å². The highest BCUT2D eigenvalue weighted by Crippen LogP contribution is 2.34. The zero-order valence-corrected chi connectivity index (χ0v) is 16.6. The van der Waals surface area contributed by atoms with Crippen molar-refractivity contribution in [3.05, 3.63) is 65.7 Å². The van der Waals surface area contributed by atoms with Gasteiger partial charge in [0.05, 0.1) is 12.9 Å². The molecule has 1 aliphatic heterocycles. The quantitative estimate of drug-likeness (QED) is 0.751. The van der Waals surface area contributed by atoms with E-state index in [9.17, 15) is 4.79 Å². The van der Waals surface area contributed by atoms with Crippen LogP contribution in [-0.4, -0.2) is 38.5 Å². The van der Waals surface area contributed by atoms with Crippen LogP contribution < -0.4 is 10.1 Å². The van der Waals surface area contributed by atoms with E-state index < -0.39 is 0 Å². The number of thioether (sulfide) groups is 1. The maximum absolute atomic E-state index is 12.4. The van der Waals surface area contributed by atoms with E-state index in [1.807, 2.05) is 24.3 Å². The molecule has 0 unspecified atom stereocenters. The number of amides is 1. The van der Waals surface area contributed by atoms with E-state index in [2.05, 4.69) is 35.6 Å². The third-order valence-electron chi connectivity index (χ3n) is 5.10. The lowest BCUT2D eigenvalue weighted by atomic mass is 9.74. The van der Waals surface area contributed by atoms with Crippen LogP contribution in [0.4, 0.5) is 0 Å². The second kappa shape index (κ2) is 9.81. The summed E-state index contributed by atoms with van der Waals surface area (Å²) in [4.78, 5) is 12.4. The average Bonchev–Trinajstić information content (AvgIpc) is 2.74. The molecule has 27 heavy (non-hydrogen) atoms. The largest absolute Gasteiger partial charge is 0.497 e. The van der Waals surface area contributed by atoms with Crippen molar-refractivity contribution in [3.8, 4) is 5.75 Å². The fourth-order valence-corrected chi connectivity index (χ4v) is 4.27. The van der Waals surface area contributed by atoms with E-state index in [0.29, 0.717) is 12.3 Å². The van der Waals surface area contributed by atoms with Gasteiger partial charge in [0.2, 0.25) is 5.91 Å². The van der Waals surface area contributed by atoms with Gasteiger partial charge in [-0.3, -0.25) is 4.79 Å². The first-order chi connectivity index (χ1) is 13.2. The molecule has 0 aliphatic carbocycles. The highest BCUT2D eigenvalue weighted by molar-refractivity contribution is 7.99. The lowest BCUT2D eigenvalue weighted by molar-refractivity contribution is -0.119. The predicted molar refractivity (Wildman–Crippen MR) is 110 cm³/mol. The molecule has 3 rings (SSSR count). The molecule has 1 fully saturated rings. The van der Waals surface area contributed by atoms with Gasteiger partial charge in [-0.25, -0.2) is 0 Å². The summed E-state index contributed by atoms with van der Waals surface area (Å²) in [5.41, 5.74) is 2.43. The second-order valence-corrected chi connectivity index (χ2v) is 7.87. The minimum absolute atomic E-state index is 0.0212. The van der Waals surface area contributed by atoms with Crippen molar-refractivity contribution < 1.29 is 14.3 Å². The van der Waals surface area contributed by atoms with Crippen LogP contribution in [0.1, 0.15) is 24.0 Å². The van der Waals surface area contributed by atoms with Crippen LogP contribution in [0.25, 0.3) is 0 Å². The van der Waals surface area contributed by atoms with Gasteiger partial charge in [0.15, 0.2) is 0 Å². The Hall–Kier alpha value is -1.98. The Kier molecular flexibility index (Phi) is 7.18. The van der Waals surface area contributed by atoms with Gasteiger partial charge in [-0.2, -0.15) is 0 Å². The first-order valence-corrected chi connectivity index (χ1v) is 10.5. The van der Waals surface area contributed by atoms with E-state index in [1.54, 1.807) is 18.9 Å². The number of carbonyl (C=O) groups excluding carboxylic acids is 1. The molecular formula is C22H27NO3S. The number of hydrogen-bond acceptors (Lipinski definition) is 4. The molecule has 2 aromatic rings. The lowest BCUT2D eigenvalue weighted by Crippen LogP contribution is -2.45. The molecule has 1 N–H and O–H groups in total. The molecule has 1 saturated heterocycles. The molecule has 4 nitrogen and oxygen atoms in total. The number of carbonyl (C=O) groups is 1. The Morgan fingerprint density at radius 3 is 2.67 bits per heavy atom. The first kappa shape index (κ1) is 19.8. The van der Waals surface area contributed by atoms with Crippen molar-refractivity contribution in [3.63, 3.8) is 0 Å². The third kappa shape index (κ3) is 5.50. The molecule has 0 bridgehead atoms. The fraction of sp³-hybridized carbons (Fsp3) is 0.409. The number of hydrogen-bond donors (Lipinski definition) is 1. The average molecular weight is 386 g/mol. The summed E-state index contributed by atoms with van der Waals surface area (Å²) < 4.78 is 10.8. The number of methoxy groups -OCH3 is 1. The van der Waals surface area contributed by atoms with Crippen LogP contribution in [0.2, 0.25) is 0 Å². The SMILES string of the molecule is COc1cccc(CSCC(=O)NCC2(c3ccccc3)CCOCC2)c1. The van der Waals surface area contributed by atoms with Crippen molar-refractivity contribution in [1.82, 2.24) is 5.32 Å². The summed E-state index contributed by atoms with van der Waals surface area (Å²) in [7, 11) is 1.67. The predicted octanol–water partition coefficient (Wildman–Crippen LogP) is 3.79. The maximum Gasteiger partial charge on any atom is 0.230 e. The van der Waals surface area contributed by atoms with Gasteiger partial charge in [-0.15, -0.1) is 11.8 Å². The monoisotopic (exact) mass is 385 g/mol. The first-order valence-electron chi connectivity index (χ1n) is 9.32. The van der Waals surface area contributed by atoms with E-state index in [-0.39, 0.29) is 11.3 Å². The van der Waals surface area contributed by atoms with Crippen LogP contribution in [0.3, 0.4) is 0 Å². The van der Waals surface area contributed by atoms with Crippen molar-refractivity contribution in [2.75, 3.05) is 32.6 Å². The van der Waals surface area contributed by atoms with Crippen molar-refractivity contribution >= 4 is 17.7 Å². The van der Waals surface area contributed by atoms with Gasteiger partial charge < -0.3 is 14.8 Å². The van der Waals surface area contributed by atoms with Crippen LogP contribution >= 0.6 is 11.8 Å². The molecule has 144 valence electrons. The summed E-state index contributed by atoms with van der Waals surface area (Å²) >= 11 is 1.62. The van der Waals surface area contributed by atoms with Gasteiger partial charge in [-0.05, 0) is 36.1 Å². The summed E-state index contributed by atoms with van der Waals surface area (Å²) in [5, 5.41) is 3.16. The number of benzene rings is 2. The Morgan fingerprint density at radius 1 is 1.15 bits per heavy atom. The smallest absolute Gasteiger partial charge is 0.230 e. The van der Waals surface area contributed by atoms with E-state index >= 15 is 0 Å². The van der Waals surface area contributed by atoms with Crippen molar-refractivity contribution in [2.24, 2.45) is 0 Å². The topological polar surface area (TPSA) is 47.6 Å². The van der Waals surface area contributed by atoms with E-state index in [0.717, 1.165) is 43.1 Å². The standard InChI is InChI=1S/C22H27NO3S/c1-25-20-9-5-6-18(14-20)15-27-16-21(24)23-17-22(10-12-26-13-11-22)19-7-3-2-4-8-19/h2-9,14H,10-13,15-17H2,1H3,(H,23,24). The molecular weight excluding hydrogens is 358 g/mol. The number of nitrogens with one attached hydrogen (secondary N) is 1. The van der Waals surface area contributed by atoms with Gasteiger partial charge >= 0.3 is 0 Å². The molecule has 5 heteroatoms. The Balaban J connectivity index is 1.50. The van der Waals surface area contributed by atoms with Crippen LogP contribution in [0.15, 0.2) is 54.6 Å². The third-order valence-corrected chi connectivity index (χ3v) is 6.10. The Bertz CT molecular complexity index is 729.